The van der Waals surface area contributed by atoms with Crippen molar-refractivity contribution >= 4 is 0 Å². The highest BCUT2D eigenvalue weighted by atomic mass is 16.3. The number of aryl methyl sites for hydroxylation is 2. The quantitative estimate of drug-likeness (QED) is 0.762. The van der Waals surface area contributed by atoms with Crippen molar-refractivity contribution in [2.45, 2.75) is 19.3 Å². The normalized spacial score (nSPS) is 10.2. The molecular weight excluding hydrogens is 196 g/mol. The van der Waals surface area contributed by atoms with Crippen molar-refractivity contribution in [3.05, 3.63) is 65.7 Å². The van der Waals surface area contributed by atoms with Crippen LogP contribution < -0.4 is 5.11 Å². The average molecular weight is 211 g/mol. The van der Waals surface area contributed by atoms with Gasteiger partial charge in [0.15, 0.2) is 0 Å². The van der Waals surface area contributed by atoms with E-state index in [9.17, 15) is 5.11 Å². The molecule has 0 atom stereocenters. The molecule has 0 aromatic heterocycles. The maximum Gasteiger partial charge on any atom is -0.0276 e. The predicted molar refractivity (Wildman–Crippen MR) is 64.4 cm³/mol. The number of benzene rings is 2. The highest BCUT2D eigenvalue weighted by Gasteiger charge is 1.95. The van der Waals surface area contributed by atoms with Crippen molar-refractivity contribution < 1.29 is 5.11 Å². The van der Waals surface area contributed by atoms with Crippen molar-refractivity contribution in [1.29, 1.82) is 0 Å². The summed E-state index contributed by atoms with van der Waals surface area (Å²) in [5.74, 6) is 0.163. The second-order valence-corrected chi connectivity index (χ2v) is 3.95. The van der Waals surface area contributed by atoms with Crippen molar-refractivity contribution in [3.63, 3.8) is 0 Å². The van der Waals surface area contributed by atoms with Gasteiger partial charge in [-0.1, -0.05) is 60.2 Å². The van der Waals surface area contributed by atoms with Crippen LogP contribution in [-0.4, -0.2) is 0 Å². The van der Waals surface area contributed by atoms with Gasteiger partial charge in [0.2, 0.25) is 0 Å². The smallest absolute Gasteiger partial charge is 0.0276 e. The fourth-order valence-electron chi connectivity index (χ4n) is 1.84. The minimum Gasteiger partial charge on any atom is -0.872 e. The van der Waals surface area contributed by atoms with Gasteiger partial charge in [-0.05, 0) is 24.8 Å². The van der Waals surface area contributed by atoms with Crippen LogP contribution in [0.3, 0.4) is 0 Å². The molecule has 2 rings (SSSR count). The van der Waals surface area contributed by atoms with Gasteiger partial charge in [-0.3, -0.25) is 0 Å². The summed E-state index contributed by atoms with van der Waals surface area (Å²) in [6.07, 6.45) is 2.94. The summed E-state index contributed by atoms with van der Waals surface area (Å²) in [5, 5.41) is 11.5. The average Bonchev–Trinajstić information content (AvgIpc) is 2.33. The predicted octanol–water partition coefficient (Wildman–Crippen LogP) is 2.94. The van der Waals surface area contributed by atoms with E-state index in [2.05, 4.69) is 24.3 Å². The first-order valence-electron chi connectivity index (χ1n) is 5.65. The Balaban J connectivity index is 1.87. The zero-order valence-electron chi connectivity index (χ0n) is 9.23. The summed E-state index contributed by atoms with van der Waals surface area (Å²) >= 11 is 0. The SMILES string of the molecule is [O-]c1ccccc1CCCc1ccccc1. The van der Waals surface area contributed by atoms with Gasteiger partial charge >= 0.3 is 0 Å². The summed E-state index contributed by atoms with van der Waals surface area (Å²) in [5.41, 5.74) is 2.27. The van der Waals surface area contributed by atoms with Crippen LogP contribution in [0.25, 0.3) is 0 Å². The van der Waals surface area contributed by atoms with Crippen molar-refractivity contribution in [2.75, 3.05) is 0 Å². The van der Waals surface area contributed by atoms with E-state index in [0.717, 1.165) is 24.8 Å². The molecule has 82 valence electrons. The molecular formula is C15H15O-. The first kappa shape index (κ1) is 10.7. The Bertz CT molecular complexity index is 434. The lowest BCUT2D eigenvalue weighted by Crippen LogP contribution is -1.97. The van der Waals surface area contributed by atoms with Crippen molar-refractivity contribution in [2.24, 2.45) is 0 Å². The molecule has 0 aliphatic carbocycles. The Labute approximate surface area is 96.4 Å². The Morgan fingerprint density at radius 1 is 0.750 bits per heavy atom. The molecule has 1 nitrogen and oxygen atoms in total. The first-order valence-corrected chi connectivity index (χ1v) is 5.65. The lowest BCUT2D eigenvalue weighted by Gasteiger charge is -2.12. The third-order valence-electron chi connectivity index (χ3n) is 2.73. The van der Waals surface area contributed by atoms with E-state index in [4.69, 9.17) is 0 Å². The summed E-state index contributed by atoms with van der Waals surface area (Å²) in [6.45, 7) is 0. The van der Waals surface area contributed by atoms with Gasteiger partial charge in [0, 0.05) is 0 Å². The van der Waals surface area contributed by atoms with E-state index in [1.54, 1.807) is 12.1 Å². The molecule has 1 heteroatoms. The Hall–Kier alpha value is -1.76. The molecule has 0 unspecified atom stereocenters. The molecule has 0 saturated carbocycles. The third-order valence-corrected chi connectivity index (χ3v) is 2.73. The second kappa shape index (κ2) is 5.36. The third kappa shape index (κ3) is 2.86. The monoisotopic (exact) mass is 211 g/mol. The van der Waals surface area contributed by atoms with Crippen LogP contribution in [0.5, 0.6) is 5.75 Å². The van der Waals surface area contributed by atoms with Gasteiger partial charge in [0.05, 0.1) is 0 Å². The fourth-order valence-corrected chi connectivity index (χ4v) is 1.84. The zero-order chi connectivity index (χ0) is 11.2. The second-order valence-electron chi connectivity index (χ2n) is 3.95. The van der Waals surface area contributed by atoms with Crippen LogP contribution in [-0.2, 0) is 12.8 Å². The standard InChI is InChI=1S/C15H16O/c16-15-12-5-4-10-14(15)11-6-9-13-7-2-1-3-8-13/h1-5,7-8,10,12,16H,6,9,11H2/p-1. The molecule has 0 aliphatic rings. The van der Waals surface area contributed by atoms with Crippen LogP contribution in [0.15, 0.2) is 54.6 Å². The van der Waals surface area contributed by atoms with Crippen molar-refractivity contribution in [3.8, 4) is 5.75 Å². The minimum absolute atomic E-state index is 0.163. The first-order chi connectivity index (χ1) is 7.86. The zero-order valence-corrected chi connectivity index (χ0v) is 9.23. The van der Waals surface area contributed by atoms with E-state index < -0.39 is 0 Å². The number of hydrogen-bond acceptors (Lipinski definition) is 1. The van der Waals surface area contributed by atoms with E-state index in [1.165, 1.54) is 5.56 Å². The highest BCUT2D eigenvalue weighted by Crippen LogP contribution is 2.15. The number of hydrogen-bond donors (Lipinski definition) is 0. The molecule has 2 aromatic carbocycles. The fraction of sp³-hybridized carbons (Fsp3) is 0.200. The summed E-state index contributed by atoms with van der Waals surface area (Å²) in [6, 6.07) is 17.7. The Morgan fingerprint density at radius 3 is 2.19 bits per heavy atom. The van der Waals surface area contributed by atoms with Gasteiger partial charge in [-0.25, -0.2) is 0 Å². The molecule has 0 spiro atoms. The minimum atomic E-state index is 0.163. The van der Waals surface area contributed by atoms with E-state index >= 15 is 0 Å². The van der Waals surface area contributed by atoms with Crippen LogP contribution in [0.1, 0.15) is 17.5 Å². The van der Waals surface area contributed by atoms with Gasteiger partial charge in [-0.2, -0.15) is 0 Å². The molecule has 2 aromatic rings. The van der Waals surface area contributed by atoms with Crippen LogP contribution in [0.4, 0.5) is 0 Å². The molecule has 0 saturated heterocycles. The molecule has 0 heterocycles. The Morgan fingerprint density at radius 2 is 1.44 bits per heavy atom. The van der Waals surface area contributed by atoms with E-state index in [-0.39, 0.29) is 5.75 Å². The maximum absolute atomic E-state index is 11.5. The van der Waals surface area contributed by atoms with Crippen LogP contribution >= 0.6 is 0 Å². The van der Waals surface area contributed by atoms with E-state index in [1.807, 2.05) is 18.2 Å². The van der Waals surface area contributed by atoms with Crippen LogP contribution in [0.2, 0.25) is 0 Å². The van der Waals surface area contributed by atoms with Gasteiger partial charge in [-0.15, -0.1) is 5.75 Å². The molecule has 0 aliphatic heterocycles. The summed E-state index contributed by atoms with van der Waals surface area (Å²) in [4.78, 5) is 0. The van der Waals surface area contributed by atoms with Crippen LogP contribution in [0, 0.1) is 0 Å². The molecule has 0 fully saturated rings. The van der Waals surface area contributed by atoms with Gasteiger partial charge < -0.3 is 5.11 Å². The van der Waals surface area contributed by atoms with Crippen molar-refractivity contribution in [1.82, 2.24) is 0 Å². The molecule has 0 amide bonds. The lowest BCUT2D eigenvalue weighted by molar-refractivity contribution is -0.269. The topological polar surface area (TPSA) is 23.1 Å². The summed E-state index contributed by atoms with van der Waals surface area (Å²) < 4.78 is 0. The largest absolute Gasteiger partial charge is 0.872 e. The number of rotatable bonds is 4. The molecule has 0 bridgehead atoms. The number of para-hydroxylation sites is 1. The van der Waals surface area contributed by atoms with Gasteiger partial charge in [0.25, 0.3) is 0 Å². The maximum atomic E-state index is 11.5. The Kier molecular flexibility index (Phi) is 3.60. The van der Waals surface area contributed by atoms with Gasteiger partial charge in [0.1, 0.15) is 0 Å². The lowest BCUT2D eigenvalue weighted by atomic mass is 10.0. The highest BCUT2D eigenvalue weighted by molar-refractivity contribution is 5.30. The van der Waals surface area contributed by atoms with E-state index in [0.29, 0.717) is 0 Å². The summed E-state index contributed by atoms with van der Waals surface area (Å²) in [7, 11) is 0. The molecule has 0 N–H and O–H groups in total. The molecule has 0 radical (unpaired) electrons. The molecule has 16 heavy (non-hydrogen) atoms.